The second kappa shape index (κ2) is 8.17. The number of furan rings is 1. The lowest BCUT2D eigenvalue weighted by atomic mass is 9.86. The predicted octanol–water partition coefficient (Wildman–Crippen LogP) is 2.58. The van der Waals surface area contributed by atoms with Crippen LogP contribution in [0, 0.1) is 5.41 Å². The molecule has 2 aromatic rings. The number of carbonyl (C=O) groups excluding carboxylic acids is 2. The van der Waals surface area contributed by atoms with Gasteiger partial charge in [-0.3, -0.25) is 14.5 Å². The highest BCUT2D eigenvalue weighted by molar-refractivity contribution is 5.97. The van der Waals surface area contributed by atoms with Crippen molar-refractivity contribution in [2.75, 3.05) is 24.5 Å². The van der Waals surface area contributed by atoms with E-state index in [-0.39, 0.29) is 17.2 Å². The van der Waals surface area contributed by atoms with Crippen molar-refractivity contribution >= 4 is 23.6 Å². The molecule has 160 valence electrons. The number of rotatable bonds is 2. The van der Waals surface area contributed by atoms with Crippen LogP contribution in [0.15, 0.2) is 47.4 Å². The van der Waals surface area contributed by atoms with Gasteiger partial charge in [0.2, 0.25) is 5.91 Å². The second-order valence-electron chi connectivity index (χ2n) is 7.14. The van der Waals surface area contributed by atoms with Crippen molar-refractivity contribution in [1.29, 1.82) is 0 Å². The Balaban J connectivity index is 0.000000318. The van der Waals surface area contributed by atoms with E-state index in [0.717, 1.165) is 6.42 Å². The first-order chi connectivity index (χ1) is 14.1. The Morgan fingerprint density at radius 3 is 2.50 bits per heavy atom. The maximum atomic E-state index is 12.4. The number of aromatic nitrogens is 1. The van der Waals surface area contributed by atoms with Crippen molar-refractivity contribution in [1.82, 2.24) is 9.88 Å². The van der Waals surface area contributed by atoms with Gasteiger partial charge in [0.25, 0.3) is 5.91 Å². The number of hydrogen-bond donors (Lipinski definition) is 1. The van der Waals surface area contributed by atoms with Gasteiger partial charge in [-0.2, -0.15) is 13.2 Å². The number of pyridine rings is 1. The van der Waals surface area contributed by atoms with Gasteiger partial charge >= 0.3 is 12.1 Å². The minimum absolute atomic E-state index is 0.0284. The maximum absolute atomic E-state index is 12.4. The molecule has 1 N–H and O–H groups in total. The Hall–Kier alpha value is -3.37. The van der Waals surface area contributed by atoms with Gasteiger partial charge in [0.05, 0.1) is 11.8 Å². The van der Waals surface area contributed by atoms with Crippen molar-refractivity contribution in [2.24, 2.45) is 5.41 Å². The van der Waals surface area contributed by atoms with E-state index in [9.17, 15) is 22.8 Å². The van der Waals surface area contributed by atoms with Crippen LogP contribution in [0.2, 0.25) is 0 Å². The lowest BCUT2D eigenvalue weighted by molar-refractivity contribution is -0.192. The fourth-order valence-electron chi connectivity index (χ4n) is 3.57. The zero-order valence-electron chi connectivity index (χ0n) is 15.6. The normalized spacial score (nSPS) is 21.0. The molecule has 2 fully saturated rings. The van der Waals surface area contributed by atoms with Gasteiger partial charge in [-0.05, 0) is 24.6 Å². The smallest absolute Gasteiger partial charge is 0.475 e. The van der Waals surface area contributed by atoms with Crippen molar-refractivity contribution in [2.45, 2.75) is 19.0 Å². The van der Waals surface area contributed by atoms with Crippen LogP contribution in [-0.4, -0.2) is 58.6 Å². The Bertz CT molecular complexity index is 917. The van der Waals surface area contributed by atoms with Crippen LogP contribution < -0.4 is 4.90 Å². The van der Waals surface area contributed by atoms with E-state index in [2.05, 4.69) is 4.98 Å². The Labute approximate surface area is 168 Å². The number of nitrogens with zero attached hydrogens (tertiary/aromatic N) is 3. The zero-order chi connectivity index (χ0) is 21.9. The standard InChI is InChI=1S/C17H17N3O3.C2HF3O2/c21-15-9-17(12-20(15)14-3-1-2-6-18-14)5-7-19(11-17)16(22)13-4-8-23-10-13;3-2(4,5)1(6)7/h1-4,6,8,10H,5,7,9,11-12H2;(H,6,7). The molecule has 0 saturated carbocycles. The minimum Gasteiger partial charge on any atom is -0.475 e. The average molecular weight is 425 g/mol. The molecular formula is C19H18F3N3O5. The predicted molar refractivity (Wildman–Crippen MR) is 96.6 cm³/mol. The summed E-state index contributed by atoms with van der Waals surface area (Å²) in [6.45, 7) is 1.90. The fraction of sp³-hybridized carbons (Fsp3) is 0.368. The molecule has 0 aromatic carbocycles. The van der Waals surface area contributed by atoms with Crippen molar-refractivity contribution in [3.63, 3.8) is 0 Å². The minimum atomic E-state index is -5.08. The number of anilines is 1. The molecule has 1 unspecified atom stereocenters. The number of carbonyl (C=O) groups is 3. The number of aliphatic carboxylic acids is 1. The lowest BCUT2D eigenvalue weighted by Gasteiger charge is -2.23. The molecule has 2 amide bonds. The first kappa shape index (κ1) is 21.3. The summed E-state index contributed by atoms with van der Waals surface area (Å²) in [6.07, 6.45) is 0.885. The molecule has 0 bridgehead atoms. The van der Waals surface area contributed by atoms with E-state index < -0.39 is 12.1 Å². The summed E-state index contributed by atoms with van der Waals surface area (Å²) in [5, 5.41) is 7.12. The van der Waals surface area contributed by atoms with E-state index in [0.29, 0.717) is 37.4 Å². The van der Waals surface area contributed by atoms with E-state index in [4.69, 9.17) is 14.3 Å². The number of likely N-dealkylation sites (tertiary alicyclic amines) is 1. The summed E-state index contributed by atoms with van der Waals surface area (Å²) >= 11 is 0. The van der Waals surface area contributed by atoms with Crippen LogP contribution in [0.4, 0.5) is 19.0 Å². The molecule has 4 rings (SSSR count). The summed E-state index contributed by atoms with van der Waals surface area (Å²) in [5.41, 5.74) is 0.404. The number of halogens is 3. The van der Waals surface area contributed by atoms with Crippen LogP contribution in [0.1, 0.15) is 23.2 Å². The number of carboxylic acids is 1. The van der Waals surface area contributed by atoms with Gasteiger partial charge in [-0.1, -0.05) is 6.07 Å². The highest BCUT2D eigenvalue weighted by atomic mass is 19.4. The van der Waals surface area contributed by atoms with E-state index in [1.54, 1.807) is 17.2 Å². The zero-order valence-corrected chi connectivity index (χ0v) is 15.6. The molecule has 0 radical (unpaired) electrons. The molecule has 1 spiro atoms. The average Bonchev–Trinajstić information content (AvgIpc) is 3.43. The third kappa shape index (κ3) is 4.61. The van der Waals surface area contributed by atoms with Crippen LogP contribution in [0.5, 0.6) is 0 Å². The van der Waals surface area contributed by atoms with Crippen molar-refractivity contribution < 1.29 is 37.1 Å². The second-order valence-corrected chi connectivity index (χ2v) is 7.14. The summed E-state index contributed by atoms with van der Waals surface area (Å²) in [6, 6.07) is 7.23. The molecule has 4 heterocycles. The van der Waals surface area contributed by atoms with Gasteiger partial charge in [0.1, 0.15) is 12.1 Å². The topological polar surface area (TPSA) is 104 Å². The molecule has 2 saturated heterocycles. The molecule has 2 aromatic heterocycles. The quantitative estimate of drug-likeness (QED) is 0.793. The third-order valence-corrected chi connectivity index (χ3v) is 4.98. The molecule has 8 nitrogen and oxygen atoms in total. The van der Waals surface area contributed by atoms with Crippen LogP contribution in [0.3, 0.4) is 0 Å². The van der Waals surface area contributed by atoms with Gasteiger partial charge in [0.15, 0.2) is 0 Å². The molecular weight excluding hydrogens is 407 g/mol. The van der Waals surface area contributed by atoms with Crippen LogP contribution in [0.25, 0.3) is 0 Å². The lowest BCUT2D eigenvalue weighted by Crippen LogP contribution is -2.34. The molecule has 30 heavy (non-hydrogen) atoms. The Morgan fingerprint density at radius 1 is 1.20 bits per heavy atom. The third-order valence-electron chi connectivity index (χ3n) is 4.98. The Kier molecular flexibility index (Phi) is 5.81. The number of alkyl halides is 3. The summed E-state index contributed by atoms with van der Waals surface area (Å²) < 4.78 is 36.7. The first-order valence-corrected chi connectivity index (χ1v) is 8.94. The first-order valence-electron chi connectivity index (χ1n) is 8.94. The monoisotopic (exact) mass is 425 g/mol. The highest BCUT2D eigenvalue weighted by Gasteiger charge is 2.49. The molecule has 0 aliphatic carbocycles. The van der Waals surface area contributed by atoms with Gasteiger partial charge in [-0.15, -0.1) is 0 Å². The van der Waals surface area contributed by atoms with Gasteiger partial charge in [-0.25, -0.2) is 9.78 Å². The van der Waals surface area contributed by atoms with Crippen LogP contribution in [-0.2, 0) is 9.59 Å². The molecule has 11 heteroatoms. The highest BCUT2D eigenvalue weighted by Crippen LogP contribution is 2.41. The van der Waals surface area contributed by atoms with E-state index >= 15 is 0 Å². The maximum Gasteiger partial charge on any atom is 0.490 e. The summed E-state index contributed by atoms with van der Waals surface area (Å²) in [5.74, 6) is -2.01. The molecule has 1 atom stereocenters. The summed E-state index contributed by atoms with van der Waals surface area (Å²) in [7, 11) is 0. The molecule has 2 aliphatic rings. The van der Waals surface area contributed by atoms with Gasteiger partial charge < -0.3 is 14.4 Å². The van der Waals surface area contributed by atoms with E-state index in [1.807, 2.05) is 23.1 Å². The Morgan fingerprint density at radius 2 is 1.93 bits per heavy atom. The van der Waals surface area contributed by atoms with Crippen molar-refractivity contribution in [3.05, 3.63) is 48.6 Å². The fourth-order valence-corrected chi connectivity index (χ4v) is 3.57. The number of carboxylic acid groups (broad SMARTS) is 1. The summed E-state index contributed by atoms with van der Waals surface area (Å²) in [4.78, 5) is 41.6. The largest absolute Gasteiger partial charge is 0.490 e. The number of hydrogen-bond acceptors (Lipinski definition) is 5. The van der Waals surface area contributed by atoms with E-state index in [1.165, 1.54) is 12.5 Å². The van der Waals surface area contributed by atoms with Crippen LogP contribution >= 0.6 is 0 Å². The molecule has 2 aliphatic heterocycles. The SMILES string of the molecule is O=C(O)C(F)(F)F.O=C(c1ccoc1)N1CCC2(CC(=O)N(c3ccccn3)C2)C1. The van der Waals surface area contributed by atoms with Gasteiger partial charge in [0, 0.05) is 37.7 Å². The van der Waals surface area contributed by atoms with Crippen molar-refractivity contribution in [3.8, 4) is 0 Å². The number of amides is 2.